The van der Waals surface area contributed by atoms with Crippen molar-refractivity contribution in [2.75, 3.05) is 21.1 Å². The molecule has 0 saturated carbocycles. The first-order valence-electron chi connectivity index (χ1n) is 7.62. The van der Waals surface area contributed by atoms with Crippen LogP contribution < -0.4 is 5.32 Å². The summed E-state index contributed by atoms with van der Waals surface area (Å²) in [5.74, 6) is 0.421. The monoisotopic (exact) mass is 321 g/mol. The van der Waals surface area contributed by atoms with Gasteiger partial charge in [0.25, 0.3) is 0 Å². The number of hydrogen-bond acceptors (Lipinski definition) is 6. The highest BCUT2D eigenvalue weighted by molar-refractivity contribution is 6.35. The minimum atomic E-state index is -0.128. The van der Waals surface area contributed by atoms with Gasteiger partial charge >= 0.3 is 0 Å². The number of ketones is 1. The van der Waals surface area contributed by atoms with Crippen LogP contribution in [0, 0.1) is 5.41 Å². The van der Waals surface area contributed by atoms with Crippen molar-refractivity contribution >= 4 is 23.2 Å². The Balaban J connectivity index is 2.33. The summed E-state index contributed by atoms with van der Waals surface area (Å²) in [6, 6.07) is 7.40. The Morgan fingerprint density at radius 2 is 1.88 bits per heavy atom. The molecule has 0 saturated heterocycles. The summed E-state index contributed by atoms with van der Waals surface area (Å²) in [6.45, 7) is 1.66. The van der Waals surface area contributed by atoms with E-state index >= 15 is 0 Å². The molecule has 0 atom stereocenters. The van der Waals surface area contributed by atoms with Crippen LogP contribution in [0.4, 0.5) is 0 Å². The van der Waals surface area contributed by atoms with Crippen LogP contribution in [0.5, 0.6) is 0 Å². The smallest absolute Gasteiger partial charge is 0.226 e. The fourth-order valence-corrected chi connectivity index (χ4v) is 2.78. The number of aliphatic imine (C=N–C) groups is 2. The number of hydrogen-bond donors (Lipinski definition) is 2. The first-order chi connectivity index (χ1) is 11.5. The second kappa shape index (κ2) is 5.88. The molecule has 0 bridgehead atoms. The minimum Gasteiger partial charge on any atom is -0.393 e. The maximum atomic E-state index is 13.1. The normalized spacial score (nSPS) is 16.3. The third-order valence-corrected chi connectivity index (χ3v) is 3.90. The summed E-state index contributed by atoms with van der Waals surface area (Å²) >= 11 is 0. The van der Waals surface area contributed by atoms with E-state index in [0.717, 1.165) is 5.56 Å². The van der Waals surface area contributed by atoms with Crippen LogP contribution in [0.1, 0.15) is 22.8 Å². The zero-order valence-corrected chi connectivity index (χ0v) is 14.1. The Hall–Kier alpha value is -3.02. The number of carbonyl (C=O) groups excluding carboxylic acids is 1. The number of nitrogens with zero attached hydrogens (tertiary/aromatic N) is 3. The van der Waals surface area contributed by atoms with Gasteiger partial charge in [0.05, 0.1) is 5.57 Å². The summed E-state index contributed by atoms with van der Waals surface area (Å²) in [7, 11) is 5.47. The lowest BCUT2D eigenvalue weighted by Crippen LogP contribution is -2.24. The van der Waals surface area contributed by atoms with Crippen molar-refractivity contribution in [2.24, 2.45) is 9.98 Å². The first-order valence-corrected chi connectivity index (χ1v) is 7.62. The molecule has 0 amide bonds. The zero-order chi connectivity index (χ0) is 17.4. The predicted octanol–water partition coefficient (Wildman–Crippen LogP) is 2.00. The van der Waals surface area contributed by atoms with Crippen molar-refractivity contribution in [3.8, 4) is 0 Å². The number of carbonyl (C=O) groups is 1. The van der Waals surface area contributed by atoms with Gasteiger partial charge in [0, 0.05) is 49.8 Å². The quantitative estimate of drug-likeness (QED) is 0.836. The second-order valence-electron chi connectivity index (χ2n) is 5.84. The van der Waals surface area contributed by atoms with E-state index in [-0.39, 0.29) is 5.78 Å². The van der Waals surface area contributed by atoms with E-state index in [1.807, 2.05) is 37.2 Å². The number of nitrogens with one attached hydrogen (secondary N) is 2. The topological polar surface area (TPSA) is 80.9 Å². The molecule has 0 spiro atoms. The van der Waals surface area contributed by atoms with Crippen LogP contribution in [0.25, 0.3) is 0 Å². The summed E-state index contributed by atoms with van der Waals surface area (Å²) < 4.78 is 0. The molecule has 0 fully saturated rings. The van der Waals surface area contributed by atoms with Gasteiger partial charge in [-0.25, -0.2) is 9.98 Å². The van der Waals surface area contributed by atoms with E-state index in [2.05, 4.69) is 15.3 Å². The average molecular weight is 321 g/mol. The lowest BCUT2D eigenvalue weighted by molar-refractivity contribution is 0.103. The Morgan fingerprint density at radius 3 is 2.46 bits per heavy atom. The molecule has 24 heavy (non-hydrogen) atoms. The van der Waals surface area contributed by atoms with E-state index < -0.39 is 0 Å². The summed E-state index contributed by atoms with van der Waals surface area (Å²) in [4.78, 5) is 24.1. The molecule has 1 aromatic carbocycles. The van der Waals surface area contributed by atoms with Gasteiger partial charge in [0.2, 0.25) is 5.96 Å². The Labute approximate surface area is 140 Å². The summed E-state index contributed by atoms with van der Waals surface area (Å²) in [5.41, 5.74) is 3.85. The van der Waals surface area contributed by atoms with Crippen LogP contribution in [-0.4, -0.2) is 49.2 Å². The Bertz CT molecular complexity index is 871. The molecule has 1 aliphatic heterocycles. The van der Waals surface area contributed by atoms with Crippen LogP contribution >= 0.6 is 0 Å². The maximum Gasteiger partial charge on any atom is 0.226 e. The largest absolute Gasteiger partial charge is 0.393 e. The molecule has 6 nitrogen and oxygen atoms in total. The molecule has 2 N–H and O–H groups in total. The molecule has 0 unspecified atom stereocenters. The lowest BCUT2D eigenvalue weighted by Gasteiger charge is -2.20. The van der Waals surface area contributed by atoms with Crippen LogP contribution in [0.3, 0.4) is 0 Å². The highest BCUT2D eigenvalue weighted by Crippen LogP contribution is 2.34. The number of allylic oxidation sites excluding steroid dienone is 3. The Kier molecular flexibility index (Phi) is 3.89. The maximum absolute atomic E-state index is 13.1. The van der Waals surface area contributed by atoms with E-state index in [0.29, 0.717) is 39.8 Å². The number of guanidine groups is 1. The van der Waals surface area contributed by atoms with Gasteiger partial charge in [-0.15, -0.1) is 0 Å². The number of fused-ring (bicyclic) bond motifs is 3. The van der Waals surface area contributed by atoms with Gasteiger partial charge in [-0.3, -0.25) is 4.79 Å². The molecule has 6 heteroatoms. The van der Waals surface area contributed by atoms with Gasteiger partial charge in [-0.2, -0.15) is 0 Å². The average Bonchev–Trinajstić information content (AvgIpc) is 2.99. The van der Waals surface area contributed by atoms with Gasteiger partial charge in [-0.1, -0.05) is 24.3 Å². The van der Waals surface area contributed by atoms with Crippen LogP contribution in [0.15, 0.2) is 57.3 Å². The highest BCUT2D eigenvalue weighted by Gasteiger charge is 2.36. The Morgan fingerprint density at radius 1 is 1.21 bits per heavy atom. The molecule has 1 aliphatic carbocycles. The summed E-state index contributed by atoms with van der Waals surface area (Å²) in [5, 5.41) is 11.0. The van der Waals surface area contributed by atoms with E-state index in [1.54, 1.807) is 26.2 Å². The highest BCUT2D eigenvalue weighted by atomic mass is 16.1. The number of benzene rings is 1. The fourth-order valence-electron chi connectivity index (χ4n) is 2.78. The number of Topliss-reactive ketones (excluding diaryl/α,β-unsaturated/α-hetero) is 1. The van der Waals surface area contributed by atoms with E-state index in [4.69, 9.17) is 5.41 Å². The molecular weight excluding hydrogens is 302 g/mol. The minimum absolute atomic E-state index is 0.128. The predicted molar refractivity (Wildman–Crippen MR) is 96.0 cm³/mol. The van der Waals surface area contributed by atoms with E-state index in [1.165, 1.54) is 0 Å². The van der Waals surface area contributed by atoms with Crippen molar-refractivity contribution in [1.29, 1.82) is 5.41 Å². The number of rotatable bonds is 3. The molecular formula is C18H19N5O. The van der Waals surface area contributed by atoms with Gasteiger partial charge in [0.1, 0.15) is 11.4 Å². The molecule has 0 aromatic heterocycles. The van der Waals surface area contributed by atoms with Gasteiger partial charge < -0.3 is 15.6 Å². The zero-order valence-electron chi connectivity index (χ0n) is 14.1. The lowest BCUT2D eigenvalue weighted by atomic mass is 9.83. The van der Waals surface area contributed by atoms with Crippen LogP contribution in [0.2, 0.25) is 0 Å². The molecule has 1 heterocycles. The summed E-state index contributed by atoms with van der Waals surface area (Å²) in [6.07, 6.45) is 1.66. The molecule has 2 aliphatic rings. The third kappa shape index (κ3) is 2.36. The molecule has 1 aromatic rings. The van der Waals surface area contributed by atoms with E-state index in [9.17, 15) is 4.79 Å². The van der Waals surface area contributed by atoms with Crippen molar-refractivity contribution in [3.63, 3.8) is 0 Å². The van der Waals surface area contributed by atoms with Crippen LogP contribution in [-0.2, 0) is 0 Å². The van der Waals surface area contributed by atoms with Crippen molar-refractivity contribution in [1.82, 2.24) is 10.2 Å². The van der Waals surface area contributed by atoms with Gasteiger partial charge in [0.15, 0.2) is 5.78 Å². The van der Waals surface area contributed by atoms with Crippen molar-refractivity contribution in [2.45, 2.75) is 6.92 Å². The fraction of sp³-hybridized carbons (Fsp3) is 0.222. The van der Waals surface area contributed by atoms with Crippen molar-refractivity contribution < 1.29 is 4.79 Å². The first kappa shape index (κ1) is 15.9. The standard InChI is InChI=1S/C18H19N5O/c1-10(19)13(9-20-2)14-16-15(21-18(22-16)23(3)4)11-7-5-6-8-12(11)17(14)24/h5-9,19-20H,1-4H3/b13-9+,19-10?. The molecule has 122 valence electrons. The third-order valence-electron chi connectivity index (χ3n) is 3.90. The van der Waals surface area contributed by atoms with Gasteiger partial charge in [-0.05, 0) is 6.92 Å². The molecule has 3 rings (SSSR count). The SMILES string of the molecule is CN/C=C(\C(C)=N)C1=C2N=C(N(C)C)N=C2c2ccccc2C1=O. The second-order valence-corrected chi connectivity index (χ2v) is 5.84. The molecule has 0 radical (unpaired) electrons. The van der Waals surface area contributed by atoms with Crippen molar-refractivity contribution in [3.05, 3.63) is 58.4 Å².